The largest absolute Gasteiger partial charge is 0.298 e. The van der Waals surface area contributed by atoms with Crippen LogP contribution in [0.5, 0.6) is 0 Å². The number of piperidine rings is 1. The van der Waals surface area contributed by atoms with Crippen LogP contribution >= 0.6 is 0 Å². The van der Waals surface area contributed by atoms with Crippen LogP contribution < -0.4 is 0 Å². The zero-order valence-electron chi connectivity index (χ0n) is 10.6. The Kier molecular flexibility index (Phi) is 3.29. The molecule has 1 aromatic heterocycles. The van der Waals surface area contributed by atoms with Gasteiger partial charge in [0.05, 0.1) is 0 Å². The van der Waals surface area contributed by atoms with E-state index < -0.39 is 0 Å². The molecule has 0 N–H and O–H groups in total. The van der Waals surface area contributed by atoms with E-state index in [2.05, 4.69) is 36.7 Å². The minimum Gasteiger partial charge on any atom is -0.298 e. The van der Waals surface area contributed by atoms with Crippen LogP contribution in [0.4, 0.5) is 0 Å². The van der Waals surface area contributed by atoms with E-state index >= 15 is 0 Å². The fourth-order valence-corrected chi connectivity index (χ4v) is 2.48. The highest BCUT2D eigenvalue weighted by Gasteiger charge is 2.28. The van der Waals surface area contributed by atoms with Gasteiger partial charge in [0.2, 0.25) is 0 Å². The molecule has 1 saturated heterocycles. The van der Waals surface area contributed by atoms with Crippen molar-refractivity contribution in [3.8, 4) is 0 Å². The van der Waals surface area contributed by atoms with Gasteiger partial charge in [0.1, 0.15) is 0 Å². The number of nitrogens with zero attached hydrogens (tertiary/aromatic N) is 2. The van der Waals surface area contributed by atoms with Gasteiger partial charge in [-0.05, 0) is 57.7 Å². The van der Waals surface area contributed by atoms with Crippen LogP contribution in [0.25, 0.3) is 0 Å². The number of pyridine rings is 1. The average Bonchev–Trinajstić information content (AvgIpc) is 2.29. The fraction of sp³-hybridized carbons (Fsp3) is 0.643. The molecule has 2 heterocycles. The predicted octanol–water partition coefficient (Wildman–Crippen LogP) is 3.06. The number of likely N-dealkylation sites (tertiary alicyclic amines) is 1. The molecule has 0 spiro atoms. The maximum Gasteiger partial charge on any atom is 0.0303 e. The van der Waals surface area contributed by atoms with E-state index in [1.807, 2.05) is 18.5 Å². The zero-order valence-corrected chi connectivity index (χ0v) is 10.6. The molecular formula is C14H22N2. The Bertz CT molecular complexity index is 326. The number of rotatable bonds is 1. The van der Waals surface area contributed by atoms with Gasteiger partial charge >= 0.3 is 0 Å². The summed E-state index contributed by atoms with van der Waals surface area (Å²) >= 11 is 0. The standard InChI is InChI=1S/C14H22N2/c1-14(2,3)16-9-5-7-13(11-16)12-6-4-8-15-10-12/h4,6,8,10,13H,5,7,9,11H2,1-3H3. The monoisotopic (exact) mass is 218 g/mol. The summed E-state index contributed by atoms with van der Waals surface area (Å²) in [5.74, 6) is 0.668. The Hall–Kier alpha value is -0.890. The first-order valence-corrected chi connectivity index (χ1v) is 6.22. The molecule has 1 fully saturated rings. The van der Waals surface area contributed by atoms with Crippen LogP contribution in [0.2, 0.25) is 0 Å². The Morgan fingerprint density at radius 3 is 2.81 bits per heavy atom. The molecule has 1 atom stereocenters. The van der Waals surface area contributed by atoms with E-state index in [-0.39, 0.29) is 0 Å². The third-order valence-corrected chi connectivity index (χ3v) is 3.53. The van der Waals surface area contributed by atoms with Gasteiger partial charge in [-0.15, -0.1) is 0 Å². The lowest BCUT2D eigenvalue weighted by atomic mass is 9.89. The summed E-state index contributed by atoms with van der Waals surface area (Å²) < 4.78 is 0. The molecule has 2 heteroatoms. The summed E-state index contributed by atoms with van der Waals surface area (Å²) in [6.07, 6.45) is 6.49. The number of hydrogen-bond donors (Lipinski definition) is 0. The van der Waals surface area contributed by atoms with Gasteiger partial charge < -0.3 is 0 Å². The predicted molar refractivity (Wildman–Crippen MR) is 67.5 cm³/mol. The van der Waals surface area contributed by atoms with Crippen molar-refractivity contribution in [1.29, 1.82) is 0 Å². The van der Waals surface area contributed by atoms with Crippen LogP contribution in [-0.2, 0) is 0 Å². The molecule has 88 valence electrons. The van der Waals surface area contributed by atoms with Crippen LogP contribution in [0.1, 0.15) is 45.1 Å². The smallest absolute Gasteiger partial charge is 0.0303 e. The Labute approximate surface area is 98.7 Å². The summed E-state index contributed by atoms with van der Waals surface area (Å²) in [4.78, 5) is 6.82. The number of aromatic nitrogens is 1. The highest BCUT2D eigenvalue weighted by atomic mass is 15.2. The van der Waals surface area contributed by atoms with Gasteiger partial charge in [-0.25, -0.2) is 0 Å². The molecule has 0 bridgehead atoms. The minimum absolute atomic E-state index is 0.293. The molecule has 1 aliphatic heterocycles. The summed E-state index contributed by atoms with van der Waals surface area (Å²) in [6, 6.07) is 4.26. The van der Waals surface area contributed by atoms with Crippen molar-refractivity contribution in [2.24, 2.45) is 0 Å². The normalized spacial score (nSPS) is 23.3. The topological polar surface area (TPSA) is 16.1 Å². The highest BCUT2D eigenvalue weighted by molar-refractivity contribution is 5.16. The maximum absolute atomic E-state index is 4.23. The number of hydrogen-bond acceptors (Lipinski definition) is 2. The molecule has 16 heavy (non-hydrogen) atoms. The van der Waals surface area contributed by atoms with Crippen molar-refractivity contribution in [2.75, 3.05) is 13.1 Å². The molecule has 0 radical (unpaired) electrons. The first-order valence-electron chi connectivity index (χ1n) is 6.22. The Morgan fingerprint density at radius 1 is 1.38 bits per heavy atom. The molecule has 0 aromatic carbocycles. The second-order valence-corrected chi connectivity index (χ2v) is 5.74. The first-order chi connectivity index (χ1) is 7.57. The van der Waals surface area contributed by atoms with Crippen molar-refractivity contribution < 1.29 is 0 Å². The first kappa shape index (κ1) is 11.6. The van der Waals surface area contributed by atoms with E-state index in [4.69, 9.17) is 0 Å². The SMILES string of the molecule is CC(C)(C)N1CCCC(c2cccnc2)C1. The molecule has 0 amide bonds. The second-order valence-electron chi connectivity index (χ2n) is 5.74. The quantitative estimate of drug-likeness (QED) is 0.720. The van der Waals surface area contributed by atoms with Gasteiger partial charge in [-0.1, -0.05) is 6.07 Å². The van der Waals surface area contributed by atoms with Gasteiger partial charge in [0.25, 0.3) is 0 Å². The fourth-order valence-electron chi connectivity index (χ4n) is 2.48. The van der Waals surface area contributed by atoms with Crippen molar-refractivity contribution >= 4 is 0 Å². The Balaban J connectivity index is 2.08. The van der Waals surface area contributed by atoms with E-state index in [0.717, 1.165) is 0 Å². The van der Waals surface area contributed by atoms with Crippen LogP contribution in [0, 0.1) is 0 Å². The molecule has 2 rings (SSSR count). The molecule has 2 nitrogen and oxygen atoms in total. The van der Waals surface area contributed by atoms with Crippen molar-refractivity contribution in [1.82, 2.24) is 9.88 Å². The Morgan fingerprint density at radius 2 is 2.19 bits per heavy atom. The van der Waals surface area contributed by atoms with Crippen LogP contribution in [0.3, 0.4) is 0 Å². The van der Waals surface area contributed by atoms with Crippen LogP contribution in [0.15, 0.2) is 24.5 Å². The van der Waals surface area contributed by atoms with Crippen molar-refractivity contribution in [2.45, 2.75) is 45.1 Å². The molecule has 1 aromatic rings. The summed E-state index contributed by atoms with van der Waals surface area (Å²) in [6.45, 7) is 9.32. The molecule has 0 saturated carbocycles. The second kappa shape index (κ2) is 4.54. The lowest BCUT2D eigenvalue weighted by Crippen LogP contribution is -2.46. The van der Waals surface area contributed by atoms with E-state index in [1.165, 1.54) is 31.5 Å². The molecule has 1 unspecified atom stereocenters. The highest BCUT2D eigenvalue weighted by Crippen LogP contribution is 2.29. The van der Waals surface area contributed by atoms with E-state index in [0.29, 0.717) is 11.5 Å². The third kappa shape index (κ3) is 2.62. The summed E-state index contributed by atoms with van der Waals surface area (Å²) in [7, 11) is 0. The van der Waals surface area contributed by atoms with Gasteiger partial charge in [0, 0.05) is 24.5 Å². The van der Waals surface area contributed by atoms with Gasteiger partial charge in [-0.2, -0.15) is 0 Å². The lowest BCUT2D eigenvalue weighted by Gasteiger charge is -2.41. The molecule has 0 aliphatic carbocycles. The molecular weight excluding hydrogens is 196 g/mol. The van der Waals surface area contributed by atoms with Gasteiger partial charge in [0.15, 0.2) is 0 Å². The molecule has 1 aliphatic rings. The zero-order chi connectivity index (χ0) is 11.6. The van der Waals surface area contributed by atoms with Crippen molar-refractivity contribution in [3.63, 3.8) is 0 Å². The summed E-state index contributed by atoms with van der Waals surface area (Å²) in [5, 5.41) is 0. The van der Waals surface area contributed by atoms with E-state index in [9.17, 15) is 0 Å². The third-order valence-electron chi connectivity index (χ3n) is 3.53. The average molecular weight is 218 g/mol. The lowest BCUT2D eigenvalue weighted by molar-refractivity contribution is 0.0986. The maximum atomic E-state index is 4.23. The minimum atomic E-state index is 0.293. The summed E-state index contributed by atoms with van der Waals surface area (Å²) in [5.41, 5.74) is 1.69. The van der Waals surface area contributed by atoms with Gasteiger partial charge in [-0.3, -0.25) is 9.88 Å². The van der Waals surface area contributed by atoms with Crippen LogP contribution in [-0.4, -0.2) is 28.5 Å². The van der Waals surface area contributed by atoms with E-state index in [1.54, 1.807) is 0 Å². The van der Waals surface area contributed by atoms with Crippen molar-refractivity contribution in [3.05, 3.63) is 30.1 Å².